The van der Waals surface area contributed by atoms with E-state index in [9.17, 15) is 19.2 Å². The van der Waals surface area contributed by atoms with E-state index in [1.807, 2.05) is 44.4 Å². The van der Waals surface area contributed by atoms with Crippen LogP contribution in [-0.4, -0.2) is 69.4 Å². The van der Waals surface area contributed by atoms with Crippen molar-refractivity contribution in [3.63, 3.8) is 0 Å². The Labute approximate surface area is 256 Å². The zero-order chi connectivity index (χ0) is 31.8. The molecule has 44 heavy (non-hydrogen) atoms. The van der Waals surface area contributed by atoms with Gasteiger partial charge in [-0.2, -0.15) is 0 Å². The summed E-state index contributed by atoms with van der Waals surface area (Å²) in [6.45, 7) is 1.41. The third kappa shape index (κ3) is 8.35. The van der Waals surface area contributed by atoms with Gasteiger partial charge < -0.3 is 39.9 Å². The molecule has 0 saturated heterocycles. The molecule has 0 fully saturated rings. The summed E-state index contributed by atoms with van der Waals surface area (Å²) in [5, 5.41) is 11.3. The fourth-order valence-electron chi connectivity index (χ4n) is 4.57. The number of carbonyl (C=O) groups excluding carboxylic acids is 4. The highest BCUT2D eigenvalue weighted by Crippen LogP contribution is 2.20. The van der Waals surface area contributed by atoms with Crippen LogP contribution in [-0.2, 0) is 25.9 Å². The summed E-state index contributed by atoms with van der Waals surface area (Å²) in [5.74, 6) is -1.35. The van der Waals surface area contributed by atoms with Gasteiger partial charge in [-0.25, -0.2) is 0 Å². The average Bonchev–Trinajstić information content (AvgIpc) is 3.65. The molecule has 0 aliphatic heterocycles. The molecule has 4 amide bonds. The Kier molecular flexibility index (Phi) is 10.2. The number of nitrogens with one attached hydrogen (secondary N) is 4. The Morgan fingerprint density at radius 2 is 1.18 bits per heavy atom. The Morgan fingerprint density at radius 3 is 1.68 bits per heavy atom. The maximum absolute atomic E-state index is 13.1. The van der Waals surface area contributed by atoms with E-state index in [0.29, 0.717) is 40.7 Å². The number of aryl methyl sites for hydroxylation is 3. The molecule has 4 aromatic rings. The van der Waals surface area contributed by atoms with E-state index in [2.05, 4.69) is 26.2 Å². The SMILES string of the molecule is CN(C)CCCNC(=O)c1cc(NC(=O)c2cc(NC(=O)c3cc(NC(=O)/C=C/c4ccccc4)cn3C)cn2C)cn1C. The van der Waals surface area contributed by atoms with Gasteiger partial charge in [-0.3, -0.25) is 19.2 Å². The molecule has 230 valence electrons. The Hall–Kier alpha value is -5.36. The number of nitrogens with zero attached hydrogens (tertiary/aromatic N) is 4. The van der Waals surface area contributed by atoms with Crippen LogP contribution in [0.1, 0.15) is 43.4 Å². The molecule has 0 aliphatic carbocycles. The predicted molar refractivity (Wildman–Crippen MR) is 172 cm³/mol. The van der Waals surface area contributed by atoms with Crippen LogP contribution in [0.25, 0.3) is 6.08 Å². The first kappa shape index (κ1) is 31.6. The van der Waals surface area contributed by atoms with E-state index < -0.39 is 11.8 Å². The van der Waals surface area contributed by atoms with Crippen molar-refractivity contribution in [3.8, 4) is 0 Å². The minimum absolute atomic E-state index is 0.220. The normalized spacial score (nSPS) is 11.1. The number of benzene rings is 1. The van der Waals surface area contributed by atoms with Crippen molar-refractivity contribution < 1.29 is 19.2 Å². The van der Waals surface area contributed by atoms with Crippen molar-refractivity contribution in [2.75, 3.05) is 43.1 Å². The van der Waals surface area contributed by atoms with E-state index in [1.54, 1.807) is 77.7 Å². The van der Waals surface area contributed by atoms with Gasteiger partial charge in [0.2, 0.25) is 5.91 Å². The Balaban J connectivity index is 1.34. The van der Waals surface area contributed by atoms with Gasteiger partial charge in [0.1, 0.15) is 17.1 Å². The molecule has 4 N–H and O–H groups in total. The van der Waals surface area contributed by atoms with Crippen LogP contribution in [0.4, 0.5) is 17.1 Å². The standard InChI is InChI=1S/C32H38N8O4/c1-37(2)15-9-14-33-30(42)26-17-24(20-38(26)3)35-32(44)28-18-25(21-40(28)5)36-31(43)27-16-23(19-39(27)4)34-29(41)13-12-22-10-7-6-8-11-22/h6-8,10-13,16-21H,9,14-15H2,1-5H3,(H,33,42)(H,34,41)(H,35,44)(H,36,43)/b13-12+. The lowest BCUT2D eigenvalue weighted by molar-refractivity contribution is -0.111. The van der Waals surface area contributed by atoms with Gasteiger partial charge in [-0.05, 0) is 56.9 Å². The van der Waals surface area contributed by atoms with Gasteiger partial charge >= 0.3 is 0 Å². The fourth-order valence-corrected chi connectivity index (χ4v) is 4.57. The van der Waals surface area contributed by atoms with Crippen LogP contribution >= 0.6 is 0 Å². The van der Waals surface area contributed by atoms with Crippen LogP contribution in [0.3, 0.4) is 0 Å². The lowest BCUT2D eigenvalue weighted by Crippen LogP contribution is -2.28. The first-order chi connectivity index (χ1) is 21.0. The number of carbonyl (C=O) groups is 4. The maximum Gasteiger partial charge on any atom is 0.272 e. The first-order valence-electron chi connectivity index (χ1n) is 14.1. The zero-order valence-electron chi connectivity index (χ0n) is 25.5. The second-order valence-corrected chi connectivity index (χ2v) is 10.7. The van der Waals surface area contributed by atoms with Crippen molar-refractivity contribution in [2.45, 2.75) is 6.42 Å². The molecule has 12 nitrogen and oxygen atoms in total. The second-order valence-electron chi connectivity index (χ2n) is 10.7. The van der Waals surface area contributed by atoms with Gasteiger partial charge in [0.15, 0.2) is 0 Å². The highest BCUT2D eigenvalue weighted by atomic mass is 16.2. The van der Waals surface area contributed by atoms with Gasteiger partial charge in [0.05, 0.1) is 17.1 Å². The van der Waals surface area contributed by atoms with Crippen molar-refractivity contribution in [1.82, 2.24) is 23.9 Å². The molecule has 3 aromatic heterocycles. The van der Waals surface area contributed by atoms with Crippen molar-refractivity contribution in [1.29, 1.82) is 0 Å². The summed E-state index contributed by atoms with van der Waals surface area (Å²) in [6, 6.07) is 14.2. The number of amides is 4. The zero-order valence-corrected chi connectivity index (χ0v) is 25.5. The summed E-state index contributed by atoms with van der Waals surface area (Å²) in [7, 11) is 9.09. The number of aromatic nitrogens is 3. The van der Waals surface area contributed by atoms with E-state index in [0.717, 1.165) is 18.5 Å². The highest BCUT2D eigenvalue weighted by molar-refractivity contribution is 6.08. The lowest BCUT2D eigenvalue weighted by atomic mass is 10.2. The van der Waals surface area contributed by atoms with Crippen LogP contribution in [0.15, 0.2) is 73.2 Å². The minimum Gasteiger partial charge on any atom is -0.351 e. The summed E-state index contributed by atoms with van der Waals surface area (Å²) >= 11 is 0. The summed E-state index contributed by atoms with van der Waals surface area (Å²) < 4.78 is 4.86. The monoisotopic (exact) mass is 598 g/mol. The maximum atomic E-state index is 13.1. The molecule has 0 spiro atoms. The minimum atomic E-state index is -0.408. The predicted octanol–water partition coefficient (Wildman–Crippen LogP) is 3.54. The van der Waals surface area contributed by atoms with E-state index in [-0.39, 0.29) is 11.8 Å². The van der Waals surface area contributed by atoms with Crippen molar-refractivity contribution in [3.05, 3.63) is 95.8 Å². The summed E-state index contributed by atoms with van der Waals surface area (Å²) in [4.78, 5) is 53.1. The van der Waals surface area contributed by atoms with Gasteiger partial charge in [-0.1, -0.05) is 30.3 Å². The number of rotatable bonds is 12. The number of hydrogen-bond donors (Lipinski definition) is 4. The quantitative estimate of drug-likeness (QED) is 0.146. The molecule has 0 unspecified atom stereocenters. The molecule has 0 bridgehead atoms. The fraction of sp³-hybridized carbons (Fsp3) is 0.250. The molecular weight excluding hydrogens is 560 g/mol. The molecule has 3 heterocycles. The van der Waals surface area contributed by atoms with Crippen LogP contribution < -0.4 is 21.3 Å². The first-order valence-corrected chi connectivity index (χ1v) is 14.1. The van der Waals surface area contributed by atoms with Crippen LogP contribution in [0.5, 0.6) is 0 Å². The molecule has 0 saturated carbocycles. The summed E-state index contributed by atoms with van der Waals surface area (Å²) in [5.41, 5.74) is 3.32. The van der Waals surface area contributed by atoms with Gasteiger partial charge in [0.25, 0.3) is 17.7 Å². The van der Waals surface area contributed by atoms with Crippen LogP contribution in [0.2, 0.25) is 0 Å². The molecule has 0 atom stereocenters. The highest BCUT2D eigenvalue weighted by Gasteiger charge is 2.18. The average molecular weight is 599 g/mol. The van der Waals surface area contributed by atoms with Crippen molar-refractivity contribution in [2.24, 2.45) is 21.1 Å². The molecule has 4 rings (SSSR count). The molecule has 0 radical (unpaired) electrons. The summed E-state index contributed by atoms with van der Waals surface area (Å²) in [6.07, 6.45) is 8.90. The molecule has 1 aromatic carbocycles. The molecule has 0 aliphatic rings. The second kappa shape index (κ2) is 14.2. The van der Waals surface area contributed by atoms with E-state index in [4.69, 9.17) is 0 Å². The smallest absolute Gasteiger partial charge is 0.272 e. The van der Waals surface area contributed by atoms with Crippen molar-refractivity contribution >= 4 is 46.8 Å². The Bertz CT molecular complexity index is 1680. The number of anilines is 3. The molecule has 12 heteroatoms. The largest absolute Gasteiger partial charge is 0.351 e. The topological polar surface area (TPSA) is 134 Å². The third-order valence-electron chi connectivity index (χ3n) is 6.79. The van der Waals surface area contributed by atoms with Crippen LogP contribution in [0, 0.1) is 0 Å². The lowest BCUT2D eigenvalue weighted by Gasteiger charge is -2.10. The third-order valence-corrected chi connectivity index (χ3v) is 6.79. The van der Waals surface area contributed by atoms with Gasteiger partial charge in [-0.15, -0.1) is 0 Å². The van der Waals surface area contributed by atoms with E-state index >= 15 is 0 Å². The molecular formula is C32H38N8O4. The Morgan fingerprint density at radius 1 is 0.705 bits per heavy atom. The number of hydrogen-bond acceptors (Lipinski definition) is 5. The van der Waals surface area contributed by atoms with Gasteiger partial charge in [0, 0.05) is 52.4 Å². The van der Waals surface area contributed by atoms with E-state index in [1.165, 1.54) is 6.08 Å².